The van der Waals surface area contributed by atoms with Crippen LogP contribution in [0.25, 0.3) is 0 Å². The second-order valence-corrected chi connectivity index (χ2v) is 5.59. The van der Waals surface area contributed by atoms with Gasteiger partial charge in [-0.1, -0.05) is 19.9 Å². The van der Waals surface area contributed by atoms with Crippen LogP contribution in [-0.2, 0) is 0 Å². The summed E-state index contributed by atoms with van der Waals surface area (Å²) < 4.78 is 0. The van der Waals surface area contributed by atoms with Gasteiger partial charge in [-0.15, -0.1) is 0 Å². The summed E-state index contributed by atoms with van der Waals surface area (Å²) in [5.74, 6) is 2.61. The molecule has 2 rings (SSSR count). The SMILES string of the molecule is CC1CC(C)CN(c2ccc(C(C)N)cn2)C1. The molecular formula is C14H23N3. The maximum Gasteiger partial charge on any atom is 0.128 e. The van der Waals surface area contributed by atoms with E-state index >= 15 is 0 Å². The number of hydrogen-bond acceptors (Lipinski definition) is 3. The Bertz CT molecular complexity index is 348. The molecule has 0 saturated carbocycles. The minimum Gasteiger partial charge on any atom is -0.356 e. The molecule has 94 valence electrons. The van der Waals surface area contributed by atoms with E-state index in [1.54, 1.807) is 0 Å². The molecule has 1 saturated heterocycles. The van der Waals surface area contributed by atoms with Crippen molar-refractivity contribution in [2.45, 2.75) is 33.2 Å². The van der Waals surface area contributed by atoms with E-state index in [1.165, 1.54) is 6.42 Å². The zero-order valence-corrected chi connectivity index (χ0v) is 11.1. The van der Waals surface area contributed by atoms with Crippen LogP contribution in [-0.4, -0.2) is 18.1 Å². The second-order valence-electron chi connectivity index (χ2n) is 5.59. The molecule has 0 bridgehead atoms. The average molecular weight is 233 g/mol. The summed E-state index contributed by atoms with van der Waals surface area (Å²) in [6.07, 6.45) is 3.23. The molecule has 2 N–H and O–H groups in total. The van der Waals surface area contributed by atoms with Crippen molar-refractivity contribution in [2.24, 2.45) is 17.6 Å². The van der Waals surface area contributed by atoms with Crippen LogP contribution in [0.4, 0.5) is 5.82 Å². The van der Waals surface area contributed by atoms with Crippen molar-refractivity contribution in [1.82, 2.24) is 4.98 Å². The van der Waals surface area contributed by atoms with Gasteiger partial charge in [0, 0.05) is 25.3 Å². The molecule has 3 nitrogen and oxygen atoms in total. The third kappa shape index (κ3) is 2.97. The lowest BCUT2D eigenvalue weighted by atomic mass is 9.92. The Balaban J connectivity index is 2.11. The van der Waals surface area contributed by atoms with Gasteiger partial charge >= 0.3 is 0 Å². The lowest BCUT2D eigenvalue weighted by Gasteiger charge is -2.35. The van der Waals surface area contributed by atoms with Crippen LogP contribution in [0.5, 0.6) is 0 Å². The van der Waals surface area contributed by atoms with Gasteiger partial charge in [0.2, 0.25) is 0 Å². The first kappa shape index (κ1) is 12.4. The van der Waals surface area contributed by atoms with Crippen LogP contribution in [0, 0.1) is 11.8 Å². The Labute approximate surface area is 104 Å². The number of nitrogens with zero attached hydrogens (tertiary/aromatic N) is 2. The first-order valence-electron chi connectivity index (χ1n) is 6.52. The van der Waals surface area contributed by atoms with Gasteiger partial charge < -0.3 is 10.6 Å². The fourth-order valence-electron chi connectivity index (χ4n) is 2.70. The lowest BCUT2D eigenvalue weighted by Crippen LogP contribution is -2.39. The van der Waals surface area contributed by atoms with Crippen molar-refractivity contribution in [2.75, 3.05) is 18.0 Å². The molecule has 0 amide bonds. The van der Waals surface area contributed by atoms with Crippen LogP contribution in [0.2, 0.25) is 0 Å². The van der Waals surface area contributed by atoms with E-state index in [-0.39, 0.29) is 6.04 Å². The maximum atomic E-state index is 5.83. The molecule has 1 aromatic rings. The van der Waals surface area contributed by atoms with E-state index in [0.717, 1.165) is 36.3 Å². The molecule has 0 spiro atoms. The highest BCUT2D eigenvalue weighted by Crippen LogP contribution is 2.25. The molecule has 1 aliphatic heterocycles. The highest BCUT2D eigenvalue weighted by atomic mass is 15.2. The summed E-state index contributed by atoms with van der Waals surface area (Å²) in [6, 6.07) is 4.26. The van der Waals surface area contributed by atoms with Crippen molar-refractivity contribution in [1.29, 1.82) is 0 Å². The molecule has 3 heteroatoms. The molecule has 2 heterocycles. The number of pyridine rings is 1. The number of hydrogen-bond donors (Lipinski definition) is 1. The van der Waals surface area contributed by atoms with E-state index in [1.807, 2.05) is 13.1 Å². The first-order valence-corrected chi connectivity index (χ1v) is 6.52. The summed E-state index contributed by atoms with van der Waals surface area (Å²) in [5, 5.41) is 0. The van der Waals surface area contributed by atoms with Crippen LogP contribution in [0.3, 0.4) is 0 Å². The Hall–Kier alpha value is -1.09. The molecule has 0 radical (unpaired) electrons. The zero-order valence-electron chi connectivity index (χ0n) is 11.1. The molecule has 17 heavy (non-hydrogen) atoms. The van der Waals surface area contributed by atoms with E-state index in [0.29, 0.717) is 0 Å². The Morgan fingerprint density at radius 2 is 1.94 bits per heavy atom. The topological polar surface area (TPSA) is 42.1 Å². The summed E-state index contributed by atoms with van der Waals surface area (Å²) in [7, 11) is 0. The molecule has 0 aliphatic carbocycles. The maximum absolute atomic E-state index is 5.83. The van der Waals surface area contributed by atoms with Gasteiger partial charge in [-0.05, 0) is 36.8 Å². The van der Waals surface area contributed by atoms with Crippen molar-refractivity contribution in [3.63, 3.8) is 0 Å². The van der Waals surface area contributed by atoms with Crippen molar-refractivity contribution in [3.8, 4) is 0 Å². The monoisotopic (exact) mass is 233 g/mol. The molecule has 3 atom stereocenters. The minimum atomic E-state index is 0.0655. The van der Waals surface area contributed by atoms with Crippen molar-refractivity contribution in [3.05, 3.63) is 23.9 Å². The summed E-state index contributed by atoms with van der Waals surface area (Å²) in [6.45, 7) is 8.86. The summed E-state index contributed by atoms with van der Waals surface area (Å²) >= 11 is 0. The third-order valence-electron chi connectivity index (χ3n) is 3.49. The van der Waals surface area contributed by atoms with Gasteiger partial charge in [0.1, 0.15) is 5.82 Å². The van der Waals surface area contributed by atoms with E-state index in [9.17, 15) is 0 Å². The number of rotatable bonds is 2. The average Bonchev–Trinajstić information content (AvgIpc) is 2.28. The zero-order chi connectivity index (χ0) is 12.4. The first-order chi connectivity index (χ1) is 8.06. The highest BCUT2D eigenvalue weighted by Gasteiger charge is 2.22. The largest absolute Gasteiger partial charge is 0.356 e. The summed E-state index contributed by atoms with van der Waals surface area (Å²) in [5.41, 5.74) is 6.94. The smallest absolute Gasteiger partial charge is 0.128 e. The molecule has 3 unspecified atom stereocenters. The number of piperidine rings is 1. The highest BCUT2D eigenvalue weighted by molar-refractivity contribution is 5.40. The standard InChI is InChI=1S/C14H23N3/c1-10-6-11(2)9-17(8-10)14-5-4-13(7-16-14)12(3)15/h4-5,7,10-12H,6,8-9,15H2,1-3H3. The van der Waals surface area contributed by atoms with Gasteiger partial charge in [0.15, 0.2) is 0 Å². The van der Waals surface area contributed by atoms with Crippen LogP contribution in [0.15, 0.2) is 18.3 Å². The van der Waals surface area contributed by atoms with Crippen LogP contribution < -0.4 is 10.6 Å². The predicted molar refractivity (Wildman–Crippen MR) is 72.0 cm³/mol. The quantitative estimate of drug-likeness (QED) is 0.853. The Morgan fingerprint density at radius 1 is 1.29 bits per heavy atom. The molecule has 1 aromatic heterocycles. The van der Waals surface area contributed by atoms with E-state index < -0.39 is 0 Å². The lowest BCUT2D eigenvalue weighted by molar-refractivity contribution is 0.355. The van der Waals surface area contributed by atoms with Gasteiger partial charge in [0.25, 0.3) is 0 Å². The van der Waals surface area contributed by atoms with Crippen LogP contribution in [0.1, 0.15) is 38.8 Å². The third-order valence-corrected chi connectivity index (χ3v) is 3.49. The molecule has 1 fully saturated rings. The van der Waals surface area contributed by atoms with Crippen LogP contribution >= 0.6 is 0 Å². The van der Waals surface area contributed by atoms with E-state index in [4.69, 9.17) is 5.73 Å². The van der Waals surface area contributed by atoms with Crippen molar-refractivity contribution < 1.29 is 0 Å². The Morgan fingerprint density at radius 3 is 2.41 bits per heavy atom. The van der Waals surface area contributed by atoms with Gasteiger partial charge in [0.05, 0.1) is 0 Å². The summed E-state index contributed by atoms with van der Waals surface area (Å²) in [4.78, 5) is 6.93. The fraction of sp³-hybridized carbons (Fsp3) is 0.643. The Kier molecular flexibility index (Phi) is 3.67. The number of anilines is 1. The van der Waals surface area contributed by atoms with Gasteiger partial charge in [-0.25, -0.2) is 4.98 Å². The van der Waals surface area contributed by atoms with E-state index in [2.05, 4.69) is 35.9 Å². The normalized spacial score (nSPS) is 26.9. The van der Waals surface area contributed by atoms with Gasteiger partial charge in [-0.3, -0.25) is 0 Å². The number of aromatic nitrogens is 1. The van der Waals surface area contributed by atoms with Crippen molar-refractivity contribution >= 4 is 5.82 Å². The molecule has 0 aromatic carbocycles. The fourth-order valence-corrected chi connectivity index (χ4v) is 2.70. The minimum absolute atomic E-state index is 0.0655. The number of nitrogens with two attached hydrogens (primary N) is 1. The molecule has 1 aliphatic rings. The van der Waals surface area contributed by atoms with Gasteiger partial charge in [-0.2, -0.15) is 0 Å². The predicted octanol–water partition coefficient (Wildman–Crippen LogP) is 2.58. The molecular weight excluding hydrogens is 210 g/mol. The second kappa shape index (κ2) is 5.05.